The van der Waals surface area contributed by atoms with Gasteiger partial charge >= 0.3 is 0 Å². The summed E-state index contributed by atoms with van der Waals surface area (Å²) in [5.41, 5.74) is 2.69. The molecule has 1 amide bonds. The third-order valence-electron chi connectivity index (χ3n) is 3.20. The van der Waals surface area contributed by atoms with Gasteiger partial charge in [0.1, 0.15) is 0 Å². The van der Waals surface area contributed by atoms with Gasteiger partial charge in [-0.2, -0.15) is 0 Å². The highest BCUT2D eigenvalue weighted by molar-refractivity contribution is 6.19. The summed E-state index contributed by atoms with van der Waals surface area (Å²) in [5, 5.41) is 3.04. The van der Waals surface area contributed by atoms with Crippen LogP contribution in [0.4, 0.5) is 0 Å². The highest BCUT2D eigenvalue weighted by Crippen LogP contribution is 2.36. The molecule has 3 heteroatoms. The molecule has 16 heavy (non-hydrogen) atoms. The molecule has 0 spiro atoms. The van der Waals surface area contributed by atoms with Crippen molar-refractivity contribution in [3.05, 3.63) is 34.9 Å². The number of nitrogens with one attached hydrogen (secondary N) is 1. The molecule has 0 atom stereocenters. The van der Waals surface area contributed by atoms with Crippen LogP contribution in [0.25, 0.3) is 0 Å². The van der Waals surface area contributed by atoms with Gasteiger partial charge in [-0.1, -0.05) is 18.2 Å². The minimum atomic E-state index is -0.132. The summed E-state index contributed by atoms with van der Waals surface area (Å²) >= 11 is 5.85. The van der Waals surface area contributed by atoms with Gasteiger partial charge in [-0.15, -0.1) is 11.6 Å². The first-order valence-corrected chi connectivity index (χ1v) is 6.06. The zero-order chi connectivity index (χ0) is 11.8. The Hall–Kier alpha value is -1.02. The number of carbonyl (C=O) groups excluding carboxylic acids is 1. The quantitative estimate of drug-likeness (QED) is 0.805. The molecule has 2 rings (SSSR count). The molecule has 0 aromatic heterocycles. The monoisotopic (exact) mass is 237 g/mol. The van der Waals surface area contributed by atoms with Crippen LogP contribution in [-0.2, 0) is 0 Å². The minimum Gasteiger partial charge on any atom is -0.345 e. The molecule has 1 aliphatic carbocycles. The van der Waals surface area contributed by atoms with Crippen molar-refractivity contribution in [1.82, 2.24) is 5.32 Å². The van der Waals surface area contributed by atoms with Crippen molar-refractivity contribution in [3.8, 4) is 0 Å². The third-order valence-corrected chi connectivity index (χ3v) is 3.71. The van der Waals surface area contributed by atoms with Crippen molar-refractivity contribution >= 4 is 17.5 Å². The Kier molecular flexibility index (Phi) is 2.94. The molecule has 0 heterocycles. The molecule has 1 N–H and O–H groups in total. The number of hydrogen-bond donors (Lipinski definition) is 1. The number of carbonyl (C=O) groups is 1. The third kappa shape index (κ3) is 2.07. The first-order valence-electron chi connectivity index (χ1n) is 5.53. The first kappa shape index (κ1) is 11.5. The topological polar surface area (TPSA) is 29.1 Å². The van der Waals surface area contributed by atoms with Gasteiger partial charge in [-0.05, 0) is 37.8 Å². The van der Waals surface area contributed by atoms with Crippen molar-refractivity contribution in [2.45, 2.75) is 32.2 Å². The van der Waals surface area contributed by atoms with Crippen LogP contribution in [0.2, 0.25) is 0 Å². The Morgan fingerprint density at radius 1 is 1.38 bits per heavy atom. The smallest absolute Gasteiger partial charge is 0.252 e. The Labute approximate surface area is 101 Å². The van der Waals surface area contributed by atoms with Crippen molar-refractivity contribution in [2.24, 2.45) is 0 Å². The van der Waals surface area contributed by atoms with Crippen molar-refractivity contribution < 1.29 is 4.79 Å². The van der Waals surface area contributed by atoms with E-state index in [1.807, 2.05) is 32.0 Å². The van der Waals surface area contributed by atoms with E-state index in [0.29, 0.717) is 5.88 Å². The molecule has 1 fully saturated rings. The van der Waals surface area contributed by atoms with Crippen molar-refractivity contribution in [2.75, 3.05) is 5.88 Å². The van der Waals surface area contributed by atoms with Gasteiger partial charge in [0.25, 0.3) is 5.91 Å². The molecule has 0 unspecified atom stereocenters. The fourth-order valence-corrected chi connectivity index (χ4v) is 2.25. The van der Waals surface area contributed by atoms with Crippen molar-refractivity contribution in [1.29, 1.82) is 0 Å². The van der Waals surface area contributed by atoms with Crippen LogP contribution < -0.4 is 5.32 Å². The lowest BCUT2D eigenvalue weighted by Crippen LogP contribution is -2.38. The maximum atomic E-state index is 12.1. The second kappa shape index (κ2) is 4.10. The lowest BCUT2D eigenvalue weighted by Gasteiger charge is -2.16. The largest absolute Gasteiger partial charge is 0.345 e. The fourth-order valence-electron chi connectivity index (χ4n) is 1.92. The Morgan fingerprint density at radius 2 is 1.94 bits per heavy atom. The number of hydrogen-bond acceptors (Lipinski definition) is 1. The SMILES string of the molecule is Cc1cccc(C)c1C(=O)NC1(CCl)CC1. The maximum Gasteiger partial charge on any atom is 0.252 e. The van der Waals surface area contributed by atoms with Crippen LogP contribution in [0.1, 0.15) is 34.3 Å². The highest BCUT2D eigenvalue weighted by Gasteiger charge is 2.43. The number of halogens is 1. The molecular formula is C13H16ClNO. The van der Waals surface area contributed by atoms with Gasteiger partial charge in [-0.3, -0.25) is 4.79 Å². The highest BCUT2D eigenvalue weighted by atomic mass is 35.5. The number of amides is 1. The minimum absolute atomic E-state index is 0.00810. The molecule has 1 aliphatic rings. The molecule has 0 bridgehead atoms. The standard InChI is InChI=1S/C13H16ClNO/c1-9-4-3-5-10(2)11(9)12(16)15-13(8-14)6-7-13/h3-5H,6-8H2,1-2H3,(H,15,16). The summed E-state index contributed by atoms with van der Waals surface area (Å²) in [6, 6.07) is 5.89. The van der Waals surface area contributed by atoms with Crippen LogP contribution in [-0.4, -0.2) is 17.3 Å². The lowest BCUT2D eigenvalue weighted by atomic mass is 10.0. The Bertz CT molecular complexity index is 404. The molecule has 1 saturated carbocycles. The van der Waals surface area contributed by atoms with Gasteiger partial charge in [0, 0.05) is 11.4 Å². The number of benzene rings is 1. The second-order valence-corrected chi connectivity index (χ2v) is 4.90. The number of rotatable bonds is 3. The van der Waals surface area contributed by atoms with E-state index in [2.05, 4.69) is 5.32 Å². The maximum absolute atomic E-state index is 12.1. The lowest BCUT2D eigenvalue weighted by molar-refractivity contribution is 0.0935. The normalized spacial score (nSPS) is 16.9. The predicted molar refractivity (Wildman–Crippen MR) is 66.1 cm³/mol. The Balaban J connectivity index is 2.21. The summed E-state index contributed by atoms with van der Waals surface area (Å²) in [6.45, 7) is 3.92. The average molecular weight is 238 g/mol. The van der Waals surface area contributed by atoms with E-state index in [0.717, 1.165) is 29.5 Å². The van der Waals surface area contributed by atoms with Crippen LogP contribution >= 0.6 is 11.6 Å². The van der Waals surface area contributed by atoms with Gasteiger partial charge in [-0.25, -0.2) is 0 Å². The van der Waals surface area contributed by atoms with Gasteiger partial charge in [0.05, 0.1) is 5.54 Å². The number of aryl methyl sites for hydroxylation is 2. The Morgan fingerprint density at radius 3 is 2.38 bits per heavy atom. The summed E-state index contributed by atoms with van der Waals surface area (Å²) in [7, 11) is 0. The fraction of sp³-hybridized carbons (Fsp3) is 0.462. The van der Waals surface area contributed by atoms with Gasteiger partial charge in [0.15, 0.2) is 0 Å². The van der Waals surface area contributed by atoms with Crippen LogP contribution in [0.15, 0.2) is 18.2 Å². The van der Waals surface area contributed by atoms with E-state index in [4.69, 9.17) is 11.6 Å². The van der Waals surface area contributed by atoms with Gasteiger partial charge < -0.3 is 5.32 Å². The molecule has 0 saturated heterocycles. The average Bonchev–Trinajstić information content (AvgIpc) is 2.98. The van der Waals surface area contributed by atoms with E-state index < -0.39 is 0 Å². The van der Waals surface area contributed by atoms with E-state index in [1.165, 1.54) is 0 Å². The van der Waals surface area contributed by atoms with E-state index in [1.54, 1.807) is 0 Å². The predicted octanol–water partition coefficient (Wildman–Crippen LogP) is 2.80. The molecular weight excluding hydrogens is 222 g/mol. The molecule has 1 aromatic rings. The van der Waals surface area contributed by atoms with E-state index in [-0.39, 0.29) is 11.4 Å². The van der Waals surface area contributed by atoms with Crippen LogP contribution in [0, 0.1) is 13.8 Å². The van der Waals surface area contributed by atoms with Crippen molar-refractivity contribution in [3.63, 3.8) is 0 Å². The van der Waals surface area contributed by atoms with E-state index >= 15 is 0 Å². The second-order valence-electron chi connectivity index (χ2n) is 4.63. The molecule has 2 nitrogen and oxygen atoms in total. The number of alkyl halides is 1. The van der Waals surface area contributed by atoms with Crippen LogP contribution in [0.5, 0.6) is 0 Å². The molecule has 86 valence electrons. The van der Waals surface area contributed by atoms with Crippen LogP contribution in [0.3, 0.4) is 0 Å². The molecule has 1 aromatic carbocycles. The zero-order valence-electron chi connectivity index (χ0n) is 9.64. The summed E-state index contributed by atoms with van der Waals surface area (Å²) in [6.07, 6.45) is 1.99. The first-order chi connectivity index (χ1) is 7.58. The van der Waals surface area contributed by atoms with Gasteiger partial charge in [0.2, 0.25) is 0 Å². The molecule has 0 radical (unpaired) electrons. The summed E-state index contributed by atoms with van der Waals surface area (Å²) < 4.78 is 0. The van der Waals surface area contributed by atoms with E-state index in [9.17, 15) is 4.79 Å². The summed E-state index contributed by atoms with van der Waals surface area (Å²) in [5.74, 6) is 0.512. The molecule has 0 aliphatic heterocycles. The zero-order valence-corrected chi connectivity index (χ0v) is 10.4. The summed E-state index contributed by atoms with van der Waals surface area (Å²) in [4.78, 5) is 12.1.